The lowest BCUT2D eigenvalue weighted by Crippen LogP contribution is -2.30. The standard InChI is InChI=1S/C13H16BrNO3/c1-9(10-3-5-11(14)6-4-10)7-12(16)15-8-13(17)18-2/h3-6,9H,7-8H2,1-2H3,(H,15,16). The molecule has 1 aromatic carbocycles. The van der Waals surface area contributed by atoms with Gasteiger partial charge in [0.25, 0.3) is 0 Å². The second-order valence-corrected chi connectivity index (χ2v) is 4.93. The van der Waals surface area contributed by atoms with Crippen LogP contribution in [0, 0.1) is 0 Å². The molecule has 0 bridgehead atoms. The summed E-state index contributed by atoms with van der Waals surface area (Å²) in [5, 5.41) is 2.52. The summed E-state index contributed by atoms with van der Waals surface area (Å²) in [4.78, 5) is 22.5. The fourth-order valence-corrected chi connectivity index (χ4v) is 1.77. The molecule has 1 amide bonds. The van der Waals surface area contributed by atoms with E-state index in [1.807, 2.05) is 31.2 Å². The Labute approximate surface area is 115 Å². The molecular formula is C13H16BrNO3. The molecule has 5 heteroatoms. The van der Waals surface area contributed by atoms with Crippen LogP contribution in [-0.4, -0.2) is 25.5 Å². The number of amides is 1. The molecule has 0 spiro atoms. The van der Waals surface area contributed by atoms with Crippen LogP contribution in [0.25, 0.3) is 0 Å². The van der Waals surface area contributed by atoms with E-state index in [4.69, 9.17) is 0 Å². The fraction of sp³-hybridized carbons (Fsp3) is 0.385. The number of esters is 1. The Morgan fingerprint density at radius 1 is 1.33 bits per heavy atom. The first-order valence-corrected chi connectivity index (χ1v) is 6.41. The summed E-state index contributed by atoms with van der Waals surface area (Å²) < 4.78 is 5.45. The molecule has 0 aromatic heterocycles. The van der Waals surface area contributed by atoms with E-state index in [9.17, 15) is 9.59 Å². The zero-order chi connectivity index (χ0) is 13.5. The molecule has 0 saturated carbocycles. The molecule has 1 N–H and O–H groups in total. The monoisotopic (exact) mass is 313 g/mol. The Bertz CT molecular complexity index is 417. The summed E-state index contributed by atoms with van der Waals surface area (Å²) in [5.74, 6) is -0.494. The first-order chi connectivity index (χ1) is 8.52. The van der Waals surface area contributed by atoms with Gasteiger partial charge >= 0.3 is 5.97 Å². The molecule has 4 nitrogen and oxygen atoms in total. The third-order valence-electron chi connectivity index (χ3n) is 2.59. The summed E-state index contributed by atoms with van der Waals surface area (Å²) in [6.45, 7) is 1.89. The van der Waals surface area contributed by atoms with E-state index >= 15 is 0 Å². The van der Waals surface area contributed by atoms with Crippen LogP contribution in [0.2, 0.25) is 0 Å². The van der Waals surface area contributed by atoms with E-state index in [0.29, 0.717) is 6.42 Å². The van der Waals surface area contributed by atoms with Gasteiger partial charge in [-0.1, -0.05) is 35.0 Å². The van der Waals surface area contributed by atoms with Crippen molar-refractivity contribution in [3.63, 3.8) is 0 Å². The highest BCUT2D eigenvalue weighted by molar-refractivity contribution is 9.10. The number of benzene rings is 1. The highest BCUT2D eigenvalue weighted by atomic mass is 79.9. The van der Waals surface area contributed by atoms with Crippen molar-refractivity contribution in [3.05, 3.63) is 34.3 Å². The van der Waals surface area contributed by atoms with E-state index in [2.05, 4.69) is 26.0 Å². The second kappa shape index (κ2) is 7.16. The Morgan fingerprint density at radius 2 is 1.94 bits per heavy atom. The zero-order valence-electron chi connectivity index (χ0n) is 10.4. The van der Waals surface area contributed by atoms with E-state index in [-0.39, 0.29) is 18.4 Å². The number of hydrogen-bond acceptors (Lipinski definition) is 3. The smallest absolute Gasteiger partial charge is 0.325 e. The number of rotatable bonds is 5. The van der Waals surface area contributed by atoms with Crippen LogP contribution < -0.4 is 5.32 Å². The van der Waals surface area contributed by atoms with Crippen molar-refractivity contribution < 1.29 is 14.3 Å². The molecule has 0 fully saturated rings. The summed E-state index contributed by atoms with van der Waals surface area (Å²) in [7, 11) is 1.29. The lowest BCUT2D eigenvalue weighted by atomic mass is 9.98. The number of nitrogens with one attached hydrogen (secondary N) is 1. The van der Waals surface area contributed by atoms with Crippen molar-refractivity contribution in [2.45, 2.75) is 19.3 Å². The molecule has 0 aliphatic rings. The molecule has 1 rings (SSSR count). The van der Waals surface area contributed by atoms with Crippen LogP contribution in [-0.2, 0) is 14.3 Å². The molecule has 1 atom stereocenters. The van der Waals surface area contributed by atoms with E-state index < -0.39 is 5.97 Å². The third kappa shape index (κ3) is 4.87. The summed E-state index contributed by atoms with van der Waals surface area (Å²) >= 11 is 3.36. The number of carbonyl (C=O) groups excluding carboxylic acids is 2. The molecule has 18 heavy (non-hydrogen) atoms. The van der Waals surface area contributed by atoms with Crippen LogP contribution in [0.4, 0.5) is 0 Å². The maximum Gasteiger partial charge on any atom is 0.325 e. The molecule has 0 aliphatic heterocycles. The van der Waals surface area contributed by atoms with Crippen molar-refractivity contribution in [3.8, 4) is 0 Å². The Kier molecular flexibility index (Phi) is 5.85. The van der Waals surface area contributed by atoms with Crippen molar-refractivity contribution in [2.75, 3.05) is 13.7 Å². The normalized spacial score (nSPS) is 11.7. The van der Waals surface area contributed by atoms with Crippen LogP contribution in [0.15, 0.2) is 28.7 Å². The Hall–Kier alpha value is -1.36. The van der Waals surface area contributed by atoms with Crippen LogP contribution in [0.3, 0.4) is 0 Å². The number of halogens is 1. The average Bonchev–Trinajstić information content (AvgIpc) is 2.36. The molecular weight excluding hydrogens is 298 g/mol. The molecule has 0 aliphatic carbocycles. The number of hydrogen-bond donors (Lipinski definition) is 1. The maximum absolute atomic E-state index is 11.6. The van der Waals surface area contributed by atoms with Gasteiger partial charge in [-0.2, -0.15) is 0 Å². The Morgan fingerprint density at radius 3 is 2.50 bits per heavy atom. The highest BCUT2D eigenvalue weighted by Crippen LogP contribution is 2.20. The average molecular weight is 314 g/mol. The van der Waals surface area contributed by atoms with Gasteiger partial charge in [-0.15, -0.1) is 0 Å². The van der Waals surface area contributed by atoms with Gasteiger partial charge in [0.2, 0.25) is 5.91 Å². The minimum atomic E-state index is -0.445. The summed E-state index contributed by atoms with van der Waals surface area (Å²) in [6, 6.07) is 7.83. The van der Waals surface area contributed by atoms with Gasteiger partial charge in [0.1, 0.15) is 6.54 Å². The summed E-state index contributed by atoms with van der Waals surface area (Å²) in [5.41, 5.74) is 1.09. The fourth-order valence-electron chi connectivity index (χ4n) is 1.50. The molecule has 1 unspecified atom stereocenters. The summed E-state index contributed by atoms with van der Waals surface area (Å²) in [6.07, 6.45) is 0.346. The van der Waals surface area contributed by atoms with Crippen molar-refractivity contribution in [2.24, 2.45) is 0 Å². The minimum absolute atomic E-state index is 0.0810. The van der Waals surface area contributed by atoms with E-state index in [1.54, 1.807) is 0 Å². The quantitative estimate of drug-likeness (QED) is 0.848. The van der Waals surface area contributed by atoms with Crippen LogP contribution in [0.1, 0.15) is 24.8 Å². The minimum Gasteiger partial charge on any atom is -0.468 e. The van der Waals surface area contributed by atoms with Crippen molar-refractivity contribution in [1.29, 1.82) is 0 Å². The number of methoxy groups -OCH3 is 1. The van der Waals surface area contributed by atoms with Gasteiger partial charge in [-0.3, -0.25) is 9.59 Å². The molecule has 0 radical (unpaired) electrons. The third-order valence-corrected chi connectivity index (χ3v) is 3.12. The first-order valence-electron chi connectivity index (χ1n) is 5.62. The van der Waals surface area contributed by atoms with Gasteiger partial charge in [-0.05, 0) is 23.6 Å². The molecule has 0 saturated heterocycles. The lowest BCUT2D eigenvalue weighted by Gasteiger charge is -2.11. The van der Waals surface area contributed by atoms with E-state index in [0.717, 1.165) is 10.0 Å². The topological polar surface area (TPSA) is 55.4 Å². The first kappa shape index (κ1) is 14.7. The zero-order valence-corrected chi connectivity index (χ0v) is 12.0. The van der Waals surface area contributed by atoms with E-state index in [1.165, 1.54) is 7.11 Å². The largest absolute Gasteiger partial charge is 0.468 e. The molecule has 98 valence electrons. The van der Waals surface area contributed by atoms with Crippen molar-refractivity contribution >= 4 is 27.8 Å². The van der Waals surface area contributed by atoms with Crippen molar-refractivity contribution in [1.82, 2.24) is 5.32 Å². The predicted octanol–water partition coefficient (Wildman–Crippen LogP) is 2.23. The Balaban J connectivity index is 2.44. The van der Waals surface area contributed by atoms with Gasteiger partial charge in [0.15, 0.2) is 0 Å². The number of carbonyl (C=O) groups is 2. The highest BCUT2D eigenvalue weighted by Gasteiger charge is 2.12. The van der Waals surface area contributed by atoms with Gasteiger partial charge < -0.3 is 10.1 Å². The van der Waals surface area contributed by atoms with Crippen LogP contribution in [0.5, 0.6) is 0 Å². The second-order valence-electron chi connectivity index (χ2n) is 4.01. The molecule has 0 heterocycles. The SMILES string of the molecule is COC(=O)CNC(=O)CC(C)c1ccc(Br)cc1. The van der Waals surface area contributed by atoms with Crippen LogP contribution >= 0.6 is 15.9 Å². The predicted molar refractivity (Wildman–Crippen MR) is 72.2 cm³/mol. The van der Waals surface area contributed by atoms with Gasteiger partial charge in [0, 0.05) is 10.9 Å². The number of ether oxygens (including phenoxy) is 1. The maximum atomic E-state index is 11.6. The van der Waals surface area contributed by atoms with Gasteiger partial charge in [0.05, 0.1) is 7.11 Å². The lowest BCUT2D eigenvalue weighted by molar-refractivity contribution is -0.141. The molecule has 1 aromatic rings. The van der Waals surface area contributed by atoms with Gasteiger partial charge in [-0.25, -0.2) is 0 Å².